The Morgan fingerprint density at radius 1 is 0.973 bits per heavy atom. The molecule has 1 amide bonds. The molecule has 3 aromatic carbocycles. The normalized spacial score (nSPS) is 19.0. The van der Waals surface area contributed by atoms with Gasteiger partial charge < -0.3 is 10.4 Å². The Morgan fingerprint density at radius 3 is 2.41 bits per heavy atom. The Balaban J connectivity index is 1.69. The van der Waals surface area contributed by atoms with Gasteiger partial charge in [-0.05, 0) is 48.6 Å². The van der Waals surface area contributed by atoms with E-state index in [1.807, 2.05) is 79.7 Å². The quantitative estimate of drug-likeness (QED) is 0.410. The van der Waals surface area contributed by atoms with E-state index in [0.29, 0.717) is 28.4 Å². The summed E-state index contributed by atoms with van der Waals surface area (Å²) in [6.45, 7) is 1.98. The number of Topliss-reactive ketones (excluding diaryl/α,β-unsaturated/α-hetero) is 1. The number of para-hydroxylation sites is 2. The molecule has 0 unspecified atom stereocenters. The molecule has 188 valence electrons. The first-order valence-corrected chi connectivity index (χ1v) is 12.7. The summed E-state index contributed by atoms with van der Waals surface area (Å²) in [5, 5.41) is 13.4. The van der Waals surface area contributed by atoms with Gasteiger partial charge in [0.25, 0.3) is 0 Å². The molecule has 1 aliphatic heterocycles. The highest BCUT2D eigenvalue weighted by atomic mass is 35.5. The number of hydrogen-bond donors (Lipinski definition) is 2. The molecule has 0 fully saturated rings. The molecule has 0 saturated carbocycles. The van der Waals surface area contributed by atoms with Crippen LogP contribution in [-0.2, 0) is 14.4 Å². The Kier molecular flexibility index (Phi) is 6.85. The van der Waals surface area contributed by atoms with E-state index in [-0.39, 0.29) is 36.9 Å². The fourth-order valence-corrected chi connectivity index (χ4v) is 5.58. The van der Waals surface area contributed by atoms with Crippen molar-refractivity contribution in [2.24, 2.45) is 0 Å². The van der Waals surface area contributed by atoms with Crippen molar-refractivity contribution < 1.29 is 19.5 Å². The molecule has 0 radical (unpaired) electrons. The third-order valence-corrected chi connectivity index (χ3v) is 7.39. The predicted molar refractivity (Wildman–Crippen MR) is 144 cm³/mol. The summed E-state index contributed by atoms with van der Waals surface area (Å²) in [5.41, 5.74) is 5.37. The van der Waals surface area contributed by atoms with Crippen LogP contribution in [0.15, 0.2) is 84.1 Å². The minimum absolute atomic E-state index is 0.0620. The van der Waals surface area contributed by atoms with Crippen LogP contribution >= 0.6 is 11.6 Å². The lowest BCUT2D eigenvalue weighted by Crippen LogP contribution is -2.38. The van der Waals surface area contributed by atoms with Crippen LogP contribution < -0.4 is 10.2 Å². The van der Waals surface area contributed by atoms with Gasteiger partial charge in [0, 0.05) is 29.1 Å². The molecule has 5 rings (SSSR count). The van der Waals surface area contributed by atoms with Gasteiger partial charge in [-0.25, -0.2) is 0 Å². The molecule has 37 heavy (non-hydrogen) atoms. The third-order valence-electron chi connectivity index (χ3n) is 7.05. The van der Waals surface area contributed by atoms with Crippen molar-refractivity contribution in [3.05, 3.63) is 106 Å². The second-order valence-electron chi connectivity index (χ2n) is 9.55. The first kappa shape index (κ1) is 24.8. The zero-order valence-electron chi connectivity index (χ0n) is 20.4. The topological polar surface area (TPSA) is 86.7 Å². The van der Waals surface area contributed by atoms with Crippen molar-refractivity contribution >= 4 is 40.6 Å². The highest BCUT2D eigenvalue weighted by Gasteiger charge is 2.41. The van der Waals surface area contributed by atoms with Gasteiger partial charge in [-0.1, -0.05) is 71.8 Å². The summed E-state index contributed by atoms with van der Waals surface area (Å²) in [7, 11) is 0. The molecule has 0 aromatic heterocycles. The Labute approximate surface area is 220 Å². The number of amides is 1. The minimum Gasteiger partial charge on any atom is -0.481 e. The number of hydrogen-bond acceptors (Lipinski definition) is 4. The molecule has 1 heterocycles. The lowest BCUT2D eigenvalue weighted by atomic mass is 9.78. The van der Waals surface area contributed by atoms with Crippen molar-refractivity contribution in [2.75, 3.05) is 10.2 Å². The van der Waals surface area contributed by atoms with Crippen molar-refractivity contribution in [3.63, 3.8) is 0 Å². The molecule has 6 nitrogen and oxygen atoms in total. The number of benzene rings is 3. The monoisotopic (exact) mass is 514 g/mol. The molecule has 2 aliphatic rings. The molecule has 2 atom stereocenters. The summed E-state index contributed by atoms with van der Waals surface area (Å²) >= 11 is 6.51. The maximum atomic E-state index is 13.9. The van der Waals surface area contributed by atoms with E-state index in [9.17, 15) is 19.5 Å². The van der Waals surface area contributed by atoms with Gasteiger partial charge >= 0.3 is 5.97 Å². The number of carbonyl (C=O) groups excluding carboxylic acids is 2. The highest BCUT2D eigenvalue weighted by molar-refractivity contribution is 6.31. The lowest BCUT2D eigenvalue weighted by molar-refractivity contribution is -0.138. The summed E-state index contributed by atoms with van der Waals surface area (Å²) in [6, 6.07) is 22.1. The van der Waals surface area contributed by atoms with Crippen LogP contribution in [0.1, 0.15) is 54.3 Å². The van der Waals surface area contributed by atoms with Crippen LogP contribution in [0, 0.1) is 6.92 Å². The number of aliphatic carboxylic acids is 1. The number of allylic oxidation sites excluding steroid dienone is 1. The number of rotatable bonds is 5. The number of carboxylic acids is 1. The van der Waals surface area contributed by atoms with E-state index in [0.717, 1.165) is 22.4 Å². The molecule has 0 spiro atoms. The number of aryl methyl sites for hydroxylation is 1. The van der Waals surface area contributed by atoms with Crippen LogP contribution in [0.5, 0.6) is 0 Å². The van der Waals surface area contributed by atoms with Crippen molar-refractivity contribution in [1.29, 1.82) is 0 Å². The minimum atomic E-state index is -1.04. The van der Waals surface area contributed by atoms with Crippen LogP contribution in [0.4, 0.5) is 11.4 Å². The summed E-state index contributed by atoms with van der Waals surface area (Å²) in [5.74, 6) is -1.56. The first-order valence-electron chi connectivity index (χ1n) is 12.3. The largest absolute Gasteiger partial charge is 0.481 e. The Bertz CT molecular complexity index is 1410. The fraction of sp³-hybridized carbons (Fsp3) is 0.233. The van der Waals surface area contributed by atoms with E-state index in [1.54, 1.807) is 4.90 Å². The van der Waals surface area contributed by atoms with Crippen molar-refractivity contribution in [2.45, 2.75) is 44.6 Å². The molecule has 0 saturated heterocycles. The standard InChI is InChI=1S/C30H27ClN2O4/c1-18-10-12-19(13-11-18)30-29-24(16-20(17-26(29)34)21-6-2-3-7-22(21)31)32-23-8-4-5-9-25(23)33(30)27(35)14-15-28(36)37/h2-13,20,30,32H,14-17H2,1H3,(H,36,37)/t20-,30-/m1/s1. The second-order valence-corrected chi connectivity index (χ2v) is 9.96. The maximum absolute atomic E-state index is 13.9. The zero-order valence-corrected chi connectivity index (χ0v) is 21.2. The molecular formula is C30H27ClN2O4. The van der Waals surface area contributed by atoms with E-state index >= 15 is 0 Å². The molecule has 7 heteroatoms. The zero-order chi connectivity index (χ0) is 26.1. The number of anilines is 2. The van der Waals surface area contributed by atoms with Crippen molar-refractivity contribution in [3.8, 4) is 0 Å². The number of carboxylic acid groups (broad SMARTS) is 1. The average molecular weight is 515 g/mol. The Hall–Kier alpha value is -3.90. The van der Waals surface area contributed by atoms with Crippen LogP contribution in [0.2, 0.25) is 5.02 Å². The van der Waals surface area contributed by atoms with E-state index in [1.165, 1.54) is 0 Å². The van der Waals surface area contributed by atoms with E-state index in [4.69, 9.17) is 11.6 Å². The second kappa shape index (κ2) is 10.2. The third kappa shape index (κ3) is 4.89. The molecule has 0 bridgehead atoms. The number of halogens is 1. The number of fused-ring (bicyclic) bond motifs is 1. The predicted octanol–water partition coefficient (Wildman–Crippen LogP) is 6.41. The van der Waals surface area contributed by atoms with Crippen LogP contribution in [-0.4, -0.2) is 22.8 Å². The fourth-order valence-electron chi connectivity index (χ4n) is 5.29. The highest BCUT2D eigenvalue weighted by Crippen LogP contribution is 2.48. The average Bonchev–Trinajstić information content (AvgIpc) is 3.02. The van der Waals surface area contributed by atoms with Gasteiger partial charge in [-0.2, -0.15) is 0 Å². The van der Waals surface area contributed by atoms with Crippen LogP contribution in [0.3, 0.4) is 0 Å². The van der Waals surface area contributed by atoms with Gasteiger partial charge in [-0.15, -0.1) is 0 Å². The Morgan fingerprint density at radius 2 is 1.68 bits per heavy atom. The van der Waals surface area contributed by atoms with Gasteiger partial charge in [0.15, 0.2) is 5.78 Å². The van der Waals surface area contributed by atoms with Crippen molar-refractivity contribution in [1.82, 2.24) is 0 Å². The molecule has 2 N–H and O–H groups in total. The number of nitrogens with one attached hydrogen (secondary N) is 1. The summed E-state index contributed by atoms with van der Waals surface area (Å²) < 4.78 is 0. The molecular weight excluding hydrogens is 488 g/mol. The first-order chi connectivity index (χ1) is 17.8. The number of nitrogens with zero attached hydrogens (tertiary/aromatic N) is 1. The maximum Gasteiger partial charge on any atom is 0.303 e. The SMILES string of the molecule is Cc1ccc([C@@H]2C3=C(C[C@@H](c4ccccc4Cl)CC3=O)Nc3ccccc3N2C(=O)CCC(=O)O)cc1. The summed E-state index contributed by atoms with van der Waals surface area (Å²) in [6.07, 6.45) is 0.351. The van der Waals surface area contributed by atoms with E-state index in [2.05, 4.69) is 5.32 Å². The molecule has 1 aliphatic carbocycles. The number of ketones is 1. The number of carbonyl (C=O) groups is 3. The van der Waals surface area contributed by atoms with E-state index < -0.39 is 12.0 Å². The van der Waals surface area contributed by atoms with Gasteiger partial charge in [0.05, 0.1) is 23.8 Å². The molecule has 3 aromatic rings. The van der Waals surface area contributed by atoms with Gasteiger partial charge in [-0.3, -0.25) is 19.3 Å². The van der Waals surface area contributed by atoms with Gasteiger partial charge in [0.2, 0.25) is 5.91 Å². The van der Waals surface area contributed by atoms with Crippen LogP contribution in [0.25, 0.3) is 0 Å². The lowest BCUT2D eigenvalue weighted by Gasteiger charge is -2.35. The summed E-state index contributed by atoms with van der Waals surface area (Å²) in [4.78, 5) is 40.5. The smallest absolute Gasteiger partial charge is 0.303 e. The van der Waals surface area contributed by atoms with Gasteiger partial charge in [0.1, 0.15) is 0 Å².